The lowest BCUT2D eigenvalue weighted by atomic mass is 10.0. The van der Waals surface area contributed by atoms with Crippen molar-refractivity contribution in [2.75, 3.05) is 5.32 Å². The van der Waals surface area contributed by atoms with Gasteiger partial charge in [0.15, 0.2) is 0 Å². The highest BCUT2D eigenvalue weighted by Crippen LogP contribution is 2.32. The zero-order valence-electron chi connectivity index (χ0n) is 20.5. The summed E-state index contributed by atoms with van der Waals surface area (Å²) >= 11 is 1.43. The van der Waals surface area contributed by atoms with E-state index in [4.69, 9.17) is 0 Å². The van der Waals surface area contributed by atoms with Crippen LogP contribution in [0.15, 0.2) is 54.7 Å². The van der Waals surface area contributed by atoms with Crippen molar-refractivity contribution in [3.8, 4) is 0 Å². The zero-order chi connectivity index (χ0) is 26.0. The first-order valence-corrected chi connectivity index (χ1v) is 12.4. The number of imide groups is 1. The summed E-state index contributed by atoms with van der Waals surface area (Å²) in [6.45, 7) is 7.43. The molecule has 0 fully saturated rings. The van der Waals surface area contributed by atoms with Gasteiger partial charge in [0.1, 0.15) is 18.0 Å². The van der Waals surface area contributed by atoms with Crippen LogP contribution < -0.4 is 10.6 Å². The van der Waals surface area contributed by atoms with Gasteiger partial charge in [-0.25, -0.2) is 9.78 Å². The number of urea groups is 1. The van der Waals surface area contributed by atoms with Crippen molar-refractivity contribution in [1.82, 2.24) is 15.4 Å². The molecule has 1 aromatic heterocycles. The average Bonchev–Trinajstić information content (AvgIpc) is 2.84. The number of pyridine rings is 1. The first-order valence-electron chi connectivity index (χ1n) is 11.4. The molecule has 1 heterocycles. The standard InChI is InChI=1S/C25H34N4O5S/c1-17(2)13-14-19(30)23(32)29(34)24(33)28-21(22(31)27-20-12-8-9-15-26-20)25(3,4)35-16-18-10-6-5-7-11-18/h5-12,15,17,19,21,30,34H,13-14,16H2,1-4H3,(H,28,33)(H,26,27,31)/t19-,21?/m0/s1. The SMILES string of the molecule is CC(C)CC[C@H](O)C(=O)N(O)C(=O)NC(C(=O)Nc1ccccn1)C(C)(C)SCc1ccccc1. The van der Waals surface area contributed by atoms with Crippen LogP contribution >= 0.6 is 11.8 Å². The summed E-state index contributed by atoms with van der Waals surface area (Å²) in [6.07, 6.45) is 0.628. The fourth-order valence-corrected chi connectivity index (χ4v) is 4.22. The Labute approximate surface area is 210 Å². The normalized spacial score (nSPS) is 13.1. The van der Waals surface area contributed by atoms with Crippen molar-refractivity contribution >= 4 is 35.4 Å². The predicted molar refractivity (Wildman–Crippen MR) is 136 cm³/mol. The Kier molecular flexibility index (Phi) is 10.7. The lowest BCUT2D eigenvalue weighted by Crippen LogP contribution is -2.58. The number of thioether (sulfide) groups is 1. The first kappa shape index (κ1) is 28.3. The van der Waals surface area contributed by atoms with E-state index in [1.807, 2.05) is 44.2 Å². The number of amides is 4. The highest BCUT2D eigenvalue weighted by molar-refractivity contribution is 7.99. The maximum Gasteiger partial charge on any atom is 0.349 e. The third kappa shape index (κ3) is 8.97. The molecule has 1 unspecified atom stereocenters. The Morgan fingerprint density at radius 2 is 1.71 bits per heavy atom. The molecule has 35 heavy (non-hydrogen) atoms. The largest absolute Gasteiger partial charge is 0.383 e. The number of rotatable bonds is 11. The van der Waals surface area contributed by atoms with Crippen LogP contribution in [-0.4, -0.2) is 55.1 Å². The monoisotopic (exact) mass is 502 g/mol. The van der Waals surface area contributed by atoms with Gasteiger partial charge in [0, 0.05) is 16.7 Å². The van der Waals surface area contributed by atoms with Crippen molar-refractivity contribution in [2.24, 2.45) is 5.92 Å². The fourth-order valence-electron chi connectivity index (χ4n) is 3.16. The van der Waals surface area contributed by atoms with Crippen LogP contribution in [0.5, 0.6) is 0 Å². The van der Waals surface area contributed by atoms with E-state index in [0.717, 1.165) is 5.56 Å². The van der Waals surface area contributed by atoms with Crippen molar-refractivity contribution in [3.63, 3.8) is 0 Å². The summed E-state index contributed by atoms with van der Waals surface area (Å²) in [4.78, 5) is 42.4. The lowest BCUT2D eigenvalue weighted by Gasteiger charge is -2.34. The van der Waals surface area contributed by atoms with Gasteiger partial charge in [0.05, 0.1) is 0 Å². The van der Waals surface area contributed by atoms with Gasteiger partial charge in [-0.3, -0.25) is 14.8 Å². The van der Waals surface area contributed by atoms with Crippen LogP contribution in [0.25, 0.3) is 0 Å². The predicted octanol–water partition coefficient (Wildman–Crippen LogP) is 3.83. The third-order valence-electron chi connectivity index (χ3n) is 5.30. The number of benzene rings is 1. The Bertz CT molecular complexity index is 972. The molecule has 0 aliphatic rings. The third-order valence-corrected chi connectivity index (χ3v) is 6.76. The zero-order valence-corrected chi connectivity index (χ0v) is 21.3. The molecule has 9 nitrogen and oxygen atoms in total. The number of hydroxylamine groups is 2. The molecule has 4 N–H and O–H groups in total. The van der Waals surface area contributed by atoms with Gasteiger partial charge in [-0.05, 0) is 50.3 Å². The topological polar surface area (TPSA) is 132 Å². The molecule has 0 saturated heterocycles. The average molecular weight is 503 g/mol. The molecule has 0 aliphatic carbocycles. The van der Waals surface area contributed by atoms with E-state index in [9.17, 15) is 24.7 Å². The van der Waals surface area contributed by atoms with Crippen molar-refractivity contribution in [1.29, 1.82) is 0 Å². The van der Waals surface area contributed by atoms with Crippen molar-refractivity contribution in [3.05, 3.63) is 60.3 Å². The van der Waals surface area contributed by atoms with Crippen LogP contribution in [0.4, 0.5) is 10.6 Å². The van der Waals surface area contributed by atoms with Gasteiger partial charge in [-0.15, -0.1) is 16.8 Å². The molecule has 0 aliphatic heterocycles. The molecule has 10 heteroatoms. The maximum absolute atomic E-state index is 13.2. The van der Waals surface area contributed by atoms with Gasteiger partial charge in [-0.1, -0.05) is 50.2 Å². The number of hydrogen-bond acceptors (Lipinski definition) is 7. The van der Waals surface area contributed by atoms with Gasteiger partial charge >= 0.3 is 6.03 Å². The summed E-state index contributed by atoms with van der Waals surface area (Å²) < 4.78 is -0.857. The molecule has 190 valence electrons. The molecular weight excluding hydrogens is 468 g/mol. The summed E-state index contributed by atoms with van der Waals surface area (Å²) in [5, 5.41) is 25.2. The van der Waals surface area contributed by atoms with E-state index in [-0.39, 0.29) is 17.4 Å². The van der Waals surface area contributed by atoms with E-state index in [1.165, 1.54) is 18.0 Å². The van der Waals surface area contributed by atoms with Crippen LogP contribution in [0.2, 0.25) is 0 Å². The number of aliphatic hydroxyl groups is 1. The quantitative estimate of drug-likeness (QED) is 0.271. The van der Waals surface area contributed by atoms with Crippen molar-refractivity contribution in [2.45, 2.75) is 63.2 Å². The van der Waals surface area contributed by atoms with E-state index in [0.29, 0.717) is 18.0 Å². The minimum Gasteiger partial charge on any atom is -0.383 e. The molecular formula is C25H34N4O5S. The van der Waals surface area contributed by atoms with Crippen molar-refractivity contribution < 1.29 is 24.7 Å². The number of nitrogens with zero attached hydrogens (tertiary/aromatic N) is 2. The molecule has 2 atom stereocenters. The summed E-state index contributed by atoms with van der Waals surface area (Å²) in [7, 11) is 0. The number of aliphatic hydroxyl groups excluding tert-OH is 1. The Morgan fingerprint density at radius 1 is 1.06 bits per heavy atom. The molecule has 2 aromatic rings. The highest BCUT2D eigenvalue weighted by atomic mass is 32.2. The second kappa shape index (κ2) is 13.2. The van der Waals surface area contributed by atoms with Crippen LogP contribution in [-0.2, 0) is 15.3 Å². The number of aromatic nitrogens is 1. The van der Waals surface area contributed by atoms with E-state index in [1.54, 1.807) is 32.0 Å². The molecule has 0 radical (unpaired) electrons. The van der Waals surface area contributed by atoms with Gasteiger partial charge in [0.25, 0.3) is 5.91 Å². The van der Waals surface area contributed by atoms with E-state index in [2.05, 4.69) is 15.6 Å². The second-order valence-corrected chi connectivity index (χ2v) is 10.7. The van der Waals surface area contributed by atoms with E-state index >= 15 is 0 Å². The molecule has 4 amide bonds. The first-order chi connectivity index (χ1) is 16.5. The molecule has 0 spiro atoms. The Hall–Kier alpha value is -2.95. The minimum atomic E-state index is -1.53. The molecule has 0 bridgehead atoms. The van der Waals surface area contributed by atoms with Gasteiger partial charge in [-0.2, -0.15) is 0 Å². The maximum atomic E-state index is 13.2. The summed E-state index contributed by atoms with van der Waals surface area (Å²) in [6, 6.07) is 12.3. The number of carbonyl (C=O) groups excluding carboxylic acids is 3. The van der Waals surface area contributed by atoms with Crippen LogP contribution in [0, 0.1) is 5.92 Å². The second-order valence-electron chi connectivity index (χ2n) is 9.10. The highest BCUT2D eigenvalue weighted by Gasteiger charge is 2.39. The number of nitrogens with one attached hydrogen (secondary N) is 2. The fraction of sp³-hybridized carbons (Fsp3) is 0.440. The van der Waals surface area contributed by atoms with Crippen LogP contribution in [0.3, 0.4) is 0 Å². The number of hydrogen-bond donors (Lipinski definition) is 4. The van der Waals surface area contributed by atoms with Gasteiger partial charge in [0.2, 0.25) is 5.91 Å². The van der Waals surface area contributed by atoms with E-state index < -0.39 is 34.7 Å². The molecule has 1 aromatic carbocycles. The number of carbonyl (C=O) groups is 3. The smallest absolute Gasteiger partial charge is 0.349 e. The molecule has 0 saturated carbocycles. The number of anilines is 1. The molecule has 2 rings (SSSR count). The minimum absolute atomic E-state index is 0.100. The Morgan fingerprint density at radius 3 is 2.31 bits per heavy atom. The Balaban J connectivity index is 2.17. The van der Waals surface area contributed by atoms with Crippen LogP contribution in [0.1, 0.15) is 46.1 Å². The lowest BCUT2D eigenvalue weighted by molar-refractivity contribution is -0.162. The van der Waals surface area contributed by atoms with Gasteiger partial charge < -0.3 is 15.7 Å². The summed E-state index contributed by atoms with van der Waals surface area (Å²) in [5.41, 5.74) is 1.04. The summed E-state index contributed by atoms with van der Waals surface area (Å²) in [5.74, 6) is -0.625.